The fourth-order valence-corrected chi connectivity index (χ4v) is 3.14. The number of methoxy groups -OCH3 is 2. The molecule has 5 aromatic rings. The molecule has 3 aromatic carbocycles. The van der Waals surface area contributed by atoms with Gasteiger partial charge in [-0.2, -0.15) is 0 Å². The number of phenolic OH excluding ortho intramolecular Hbond substituents is 1. The Labute approximate surface area is 255 Å². The highest BCUT2D eigenvalue weighted by Crippen LogP contribution is 2.23. The van der Waals surface area contributed by atoms with Gasteiger partial charge in [-0.15, -0.1) is 11.6 Å². The van der Waals surface area contributed by atoms with Gasteiger partial charge in [-0.1, -0.05) is 18.2 Å². The van der Waals surface area contributed by atoms with Crippen molar-refractivity contribution in [2.45, 2.75) is 20.8 Å². The quantitative estimate of drug-likeness (QED) is 0.203. The van der Waals surface area contributed by atoms with Gasteiger partial charge in [0.15, 0.2) is 0 Å². The molecule has 11 heteroatoms. The molecule has 43 heavy (non-hydrogen) atoms. The Morgan fingerprint density at radius 2 is 1.28 bits per heavy atom. The molecule has 0 saturated carbocycles. The topological polar surface area (TPSA) is 151 Å². The molecule has 0 fully saturated rings. The van der Waals surface area contributed by atoms with Crippen LogP contribution in [-0.2, 0) is 4.79 Å². The molecule has 0 aliphatic rings. The standard InChI is InChI=1S/C11H11NO2.C10H9NO2.C8H9NO2.C3H5ClO/c1-8-7-14-11(12-8)9-4-3-5-10(6-9)13-2;1-7-6-13-10(11-7)8-3-2-4-9(12)5-8;1-11-7-4-2-3-6(5-7)8(9)10;1-3(5)2-4/h3-7H,1-2H3;2-6,12H,1H3;2-5H,1H3,(H2,9,10);2H2,1H3. The number of carbonyl (C=O) groups excluding carboxylic acids is 2. The summed E-state index contributed by atoms with van der Waals surface area (Å²) in [5, 5.41) is 9.21. The molecule has 0 unspecified atom stereocenters. The second-order valence-corrected chi connectivity index (χ2v) is 9.07. The SMILES string of the molecule is CC(=O)CCl.COc1cccc(-c2nc(C)co2)c1.COc1cccc(C(N)=O)c1.Cc1coc(-c2cccc(O)c2)n1. The molecule has 0 radical (unpaired) electrons. The summed E-state index contributed by atoms with van der Waals surface area (Å²) >= 11 is 4.99. The van der Waals surface area contributed by atoms with Crippen molar-refractivity contribution < 1.29 is 33.0 Å². The molecule has 3 N–H and O–H groups in total. The lowest BCUT2D eigenvalue weighted by Gasteiger charge is -2.00. The predicted molar refractivity (Wildman–Crippen MR) is 164 cm³/mol. The number of benzene rings is 3. The highest BCUT2D eigenvalue weighted by atomic mass is 35.5. The van der Waals surface area contributed by atoms with E-state index < -0.39 is 5.91 Å². The zero-order chi connectivity index (χ0) is 31.8. The number of rotatable bonds is 6. The first-order chi connectivity index (χ1) is 20.6. The van der Waals surface area contributed by atoms with Crippen LogP contribution in [0.2, 0.25) is 0 Å². The van der Waals surface area contributed by atoms with E-state index in [-0.39, 0.29) is 17.4 Å². The minimum absolute atomic E-state index is 0.0201. The third-order valence-electron chi connectivity index (χ3n) is 5.19. The fourth-order valence-electron chi connectivity index (χ4n) is 3.14. The Bertz CT molecular complexity index is 1600. The van der Waals surface area contributed by atoms with Crippen molar-refractivity contribution in [3.05, 3.63) is 102 Å². The van der Waals surface area contributed by atoms with Crippen molar-refractivity contribution in [2.24, 2.45) is 5.73 Å². The number of hydrogen-bond donors (Lipinski definition) is 2. The first-order valence-corrected chi connectivity index (χ1v) is 13.4. The summed E-state index contributed by atoms with van der Waals surface area (Å²) in [5.74, 6) is 2.54. The van der Waals surface area contributed by atoms with E-state index in [1.54, 1.807) is 69.2 Å². The Morgan fingerprint density at radius 1 is 0.814 bits per heavy atom. The van der Waals surface area contributed by atoms with Crippen molar-refractivity contribution in [2.75, 3.05) is 20.1 Å². The molecule has 0 atom stereocenters. The van der Waals surface area contributed by atoms with Gasteiger partial charge in [-0.25, -0.2) is 9.97 Å². The molecule has 2 heterocycles. The number of amides is 1. The number of primary amides is 1. The summed E-state index contributed by atoms with van der Waals surface area (Å²) in [5.41, 5.74) is 8.93. The number of phenols is 1. The van der Waals surface area contributed by atoms with Crippen LogP contribution in [0.1, 0.15) is 28.7 Å². The molecule has 1 amide bonds. The second-order valence-electron chi connectivity index (χ2n) is 8.80. The Morgan fingerprint density at radius 3 is 1.70 bits per heavy atom. The zero-order valence-corrected chi connectivity index (χ0v) is 25.3. The highest BCUT2D eigenvalue weighted by molar-refractivity contribution is 6.27. The molecule has 0 aliphatic carbocycles. The van der Waals surface area contributed by atoms with Gasteiger partial charge in [0.2, 0.25) is 17.7 Å². The van der Waals surface area contributed by atoms with E-state index in [1.807, 2.05) is 44.2 Å². The van der Waals surface area contributed by atoms with Gasteiger partial charge < -0.3 is 29.1 Å². The lowest BCUT2D eigenvalue weighted by Crippen LogP contribution is -2.10. The summed E-state index contributed by atoms with van der Waals surface area (Å²) in [6, 6.07) is 21.2. The van der Waals surface area contributed by atoms with Gasteiger partial charge >= 0.3 is 0 Å². The molecule has 2 aromatic heterocycles. The summed E-state index contributed by atoms with van der Waals surface area (Å²) < 4.78 is 20.5. The Balaban J connectivity index is 0.000000210. The molecule has 5 rings (SSSR count). The maximum atomic E-state index is 10.6. The number of aromatic nitrogens is 2. The minimum Gasteiger partial charge on any atom is -0.508 e. The first kappa shape index (κ1) is 34.1. The van der Waals surface area contributed by atoms with E-state index in [9.17, 15) is 14.7 Å². The third-order valence-corrected chi connectivity index (χ3v) is 5.57. The third kappa shape index (κ3) is 12.1. The van der Waals surface area contributed by atoms with Gasteiger partial charge in [0.25, 0.3) is 0 Å². The van der Waals surface area contributed by atoms with E-state index in [0.717, 1.165) is 28.3 Å². The maximum absolute atomic E-state index is 10.6. The molecule has 0 saturated heterocycles. The number of nitrogens with two attached hydrogens (primary N) is 1. The van der Waals surface area contributed by atoms with Gasteiger partial charge in [-0.3, -0.25) is 9.59 Å². The Kier molecular flexibility index (Phi) is 14.0. The van der Waals surface area contributed by atoms with Crippen LogP contribution >= 0.6 is 11.6 Å². The largest absolute Gasteiger partial charge is 0.508 e. The Hall–Kier alpha value is -5.09. The number of aryl methyl sites for hydroxylation is 2. The first-order valence-electron chi connectivity index (χ1n) is 12.8. The molecule has 0 aliphatic heterocycles. The van der Waals surface area contributed by atoms with Crippen molar-refractivity contribution in [3.63, 3.8) is 0 Å². The predicted octanol–water partition coefficient (Wildman–Crippen LogP) is 6.62. The monoisotopic (exact) mass is 607 g/mol. The average Bonchev–Trinajstić information content (AvgIpc) is 3.66. The minimum atomic E-state index is -0.441. The fraction of sp³-hybridized carbons (Fsp3) is 0.188. The molecule has 10 nitrogen and oxygen atoms in total. The molecule has 226 valence electrons. The summed E-state index contributed by atoms with van der Waals surface area (Å²) in [4.78, 5) is 28.7. The number of nitrogens with zero attached hydrogens (tertiary/aromatic N) is 2. The number of ether oxygens (including phenoxy) is 2. The smallest absolute Gasteiger partial charge is 0.248 e. The number of ketones is 1. The van der Waals surface area contributed by atoms with Crippen molar-refractivity contribution in [3.8, 4) is 40.2 Å². The van der Waals surface area contributed by atoms with E-state index in [4.69, 9.17) is 35.6 Å². The van der Waals surface area contributed by atoms with Gasteiger partial charge in [0, 0.05) is 16.7 Å². The summed E-state index contributed by atoms with van der Waals surface area (Å²) in [7, 11) is 3.18. The average molecular weight is 608 g/mol. The number of hydrogen-bond acceptors (Lipinski definition) is 9. The molecular formula is C32H34ClN3O7. The zero-order valence-electron chi connectivity index (χ0n) is 24.5. The van der Waals surface area contributed by atoms with Crippen molar-refractivity contribution in [1.82, 2.24) is 9.97 Å². The number of aromatic hydroxyl groups is 1. The van der Waals surface area contributed by atoms with E-state index in [1.165, 1.54) is 6.92 Å². The van der Waals surface area contributed by atoms with Crippen molar-refractivity contribution >= 4 is 23.3 Å². The van der Waals surface area contributed by atoms with Crippen LogP contribution in [0.4, 0.5) is 0 Å². The number of Topliss-reactive ketones (excluding diaryl/α,β-unsaturated/α-hetero) is 1. The highest BCUT2D eigenvalue weighted by Gasteiger charge is 2.05. The van der Waals surface area contributed by atoms with E-state index >= 15 is 0 Å². The number of alkyl halides is 1. The van der Waals surface area contributed by atoms with Crippen LogP contribution in [0.25, 0.3) is 22.9 Å². The number of carbonyl (C=O) groups is 2. The lowest BCUT2D eigenvalue weighted by atomic mass is 10.2. The van der Waals surface area contributed by atoms with Crippen LogP contribution in [-0.4, -0.2) is 46.9 Å². The number of oxazole rings is 2. The van der Waals surface area contributed by atoms with Crippen LogP contribution in [0.5, 0.6) is 17.2 Å². The van der Waals surface area contributed by atoms with Gasteiger partial charge in [0.05, 0.1) is 31.5 Å². The summed E-state index contributed by atoms with van der Waals surface area (Å²) in [6.07, 6.45) is 3.22. The second kappa shape index (κ2) is 17.7. The normalized spacial score (nSPS) is 9.63. The summed E-state index contributed by atoms with van der Waals surface area (Å²) in [6.45, 7) is 5.20. The lowest BCUT2D eigenvalue weighted by molar-refractivity contribution is -0.114. The molecular weight excluding hydrogens is 574 g/mol. The molecule has 0 spiro atoms. The molecule has 0 bridgehead atoms. The van der Waals surface area contributed by atoms with Crippen LogP contribution in [0, 0.1) is 13.8 Å². The number of halogens is 1. The van der Waals surface area contributed by atoms with Crippen molar-refractivity contribution in [1.29, 1.82) is 0 Å². The van der Waals surface area contributed by atoms with Crippen LogP contribution < -0.4 is 15.2 Å². The van der Waals surface area contributed by atoms with Gasteiger partial charge in [-0.05, 0) is 75.4 Å². The van der Waals surface area contributed by atoms with Crippen LogP contribution in [0.3, 0.4) is 0 Å². The maximum Gasteiger partial charge on any atom is 0.248 e. The van der Waals surface area contributed by atoms with E-state index in [2.05, 4.69) is 9.97 Å². The van der Waals surface area contributed by atoms with Gasteiger partial charge in [0.1, 0.15) is 35.6 Å². The van der Waals surface area contributed by atoms with Crippen LogP contribution in [0.15, 0.2) is 94.2 Å². The van der Waals surface area contributed by atoms with E-state index in [0.29, 0.717) is 23.1 Å².